The van der Waals surface area contributed by atoms with Crippen molar-refractivity contribution < 1.29 is 4.74 Å². The summed E-state index contributed by atoms with van der Waals surface area (Å²) in [4.78, 5) is 0. The highest BCUT2D eigenvalue weighted by molar-refractivity contribution is 14.1. The molecule has 1 nitrogen and oxygen atoms in total. The van der Waals surface area contributed by atoms with Crippen molar-refractivity contribution >= 4 is 54.5 Å². The Morgan fingerprint density at radius 2 is 2.15 bits per heavy atom. The van der Waals surface area contributed by atoms with Gasteiger partial charge in [0.25, 0.3) is 0 Å². The first-order valence-corrected chi connectivity index (χ1v) is 6.59. The average molecular weight is 418 g/mol. The summed E-state index contributed by atoms with van der Waals surface area (Å²) in [6.45, 7) is 1.58. The smallest absolute Gasteiger partial charge is 0.0731 e. The van der Waals surface area contributed by atoms with Gasteiger partial charge in [-0.3, -0.25) is 0 Å². The maximum atomic E-state index is 5.42. The predicted molar refractivity (Wildman–Crippen MR) is 67.9 cm³/mol. The molecule has 0 aliphatic carbocycles. The summed E-state index contributed by atoms with van der Waals surface area (Å²) in [6.07, 6.45) is 1.02. The molecule has 0 N–H and O–H groups in total. The molecule has 1 aromatic rings. The molecule has 0 amide bonds. The van der Waals surface area contributed by atoms with E-state index in [-0.39, 0.29) is 0 Å². The molecule has 0 saturated carbocycles. The van der Waals surface area contributed by atoms with E-state index < -0.39 is 0 Å². The molecule has 0 spiro atoms. The number of fused-ring (bicyclic) bond motifs is 1. The lowest BCUT2D eigenvalue weighted by Crippen LogP contribution is -2.11. The normalized spacial score (nSPS) is 15.6. The van der Waals surface area contributed by atoms with Crippen LogP contribution in [-0.2, 0) is 17.8 Å². The van der Waals surface area contributed by atoms with Crippen molar-refractivity contribution in [1.29, 1.82) is 0 Å². The molecule has 0 radical (unpaired) electrons. The highest BCUT2D eigenvalue weighted by Gasteiger charge is 2.16. The molecular formula is C9H7Br2IO. The molecule has 0 fully saturated rings. The molecule has 0 bridgehead atoms. The molecule has 1 aliphatic heterocycles. The van der Waals surface area contributed by atoms with Crippen LogP contribution in [0.1, 0.15) is 11.1 Å². The third-order valence-corrected chi connectivity index (χ3v) is 6.22. The zero-order valence-electron chi connectivity index (χ0n) is 6.74. The first-order chi connectivity index (χ1) is 6.20. The Morgan fingerprint density at radius 1 is 1.38 bits per heavy atom. The van der Waals surface area contributed by atoms with Crippen LogP contribution in [-0.4, -0.2) is 6.61 Å². The van der Waals surface area contributed by atoms with Crippen LogP contribution in [0, 0.1) is 3.57 Å². The van der Waals surface area contributed by atoms with Gasteiger partial charge in [0.2, 0.25) is 0 Å². The van der Waals surface area contributed by atoms with Gasteiger partial charge in [-0.05, 0) is 78.1 Å². The van der Waals surface area contributed by atoms with Crippen LogP contribution in [0.3, 0.4) is 0 Å². The summed E-state index contributed by atoms with van der Waals surface area (Å²) in [5, 5.41) is 0. The first-order valence-electron chi connectivity index (χ1n) is 3.93. The summed E-state index contributed by atoms with van der Waals surface area (Å²) in [5.41, 5.74) is 2.70. The quantitative estimate of drug-likeness (QED) is 0.459. The number of benzene rings is 1. The lowest BCUT2D eigenvalue weighted by Gasteiger charge is -2.19. The van der Waals surface area contributed by atoms with Gasteiger partial charge in [-0.25, -0.2) is 0 Å². The van der Waals surface area contributed by atoms with Gasteiger partial charge in [-0.1, -0.05) is 0 Å². The lowest BCUT2D eigenvalue weighted by atomic mass is 10.0. The second kappa shape index (κ2) is 4.16. The number of ether oxygens (including phenoxy) is 1. The zero-order valence-corrected chi connectivity index (χ0v) is 12.1. The Hall–Kier alpha value is 0.870. The van der Waals surface area contributed by atoms with Crippen LogP contribution in [0.2, 0.25) is 0 Å². The van der Waals surface area contributed by atoms with E-state index >= 15 is 0 Å². The Kier molecular flexibility index (Phi) is 3.33. The van der Waals surface area contributed by atoms with E-state index in [9.17, 15) is 0 Å². The van der Waals surface area contributed by atoms with E-state index in [0.29, 0.717) is 0 Å². The lowest BCUT2D eigenvalue weighted by molar-refractivity contribution is 0.110. The standard InChI is InChI=1S/C9H7Br2IO/c10-7-3-5-1-2-13-4-6(5)8(11)9(7)12/h3H,1-2,4H2. The minimum absolute atomic E-state index is 0.735. The summed E-state index contributed by atoms with van der Waals surface area (Å²) in [6, 6.07) is 2.20. The summed E-state index contributed by atoms with van der Waals surface area (Å²) in [5.74, 6) is 0. The highest BCUT2D eigenvalue weighted by Crippen LogP contribution is 2.34. The van der Waals surface area contributed by atoms with E-state index in [4.69, 9.17) is 4.74 Å². The van der Waals surface area contributed by atoms with Crippen LogP contribution in [0.15, 0.2) is 15.0 Å². The molecule has 0 saturated heterocycles. The van der Waals surface area contributed by atoms with Crippen molar-refractivity contribution in [1.82, 2.24) is 0 Å². The molecular weight excluding hydrogens is 411 g/mol. The second-order valence-electron chi connectivity index (χ2n) is 2.93. The predicted octanol–water partition coefficient (Wildman–Crippen LogP) is 3.89. The van der Waals surface area contributed by atoms with E-state index in [1.807, 2.05) is 0 Å². The minimum atomic E-state index is 0.735. The number of halogens is 3. The van der Waals surface area contributed by atoms with Crippen molar-refractivity contribution in [3.05, 3.63) is 29.7 Å². The Bertz CT molecular complexity index is 352. The fraction of sp³-hybridized carbons (Fsp3) is 0.333. The minimum Gasteiger partial charge on any atom is -0.376 e. The molecule has 1 aromatic carbocycles. The Morgan fingerprint density at radius 3 is 2.92 bits per heavy atom. The van der Waals surface area contributed by atoms with Crippen molar-refractivity contribution in [2.45, 2.75) is 13.0 Å². The maximum Gasteiger partial charge on any atom is 0.0731 e. The monoisotopic (exact) mass is 416 g/mol. The molecule has 1 heterocycles. The number of hydrogen-bond donors (Lipinski definition) is 0. The van der Waals surface area contributed by atoms with Gasteiger partial charge in [0.1, 0.15) is 0 Å². The van der Waals surface area contributed by atoms with Gasteiger partial charge in [0.15, 0.2) is 0 Å². The third kappa shape index (κ3) is 1.96. The highest BCUT2D eigenvalue weighted by atomic mass is 127. The van der Waals surface area contributed by atoms with Crippen molar-refractivity contribution in [3.63, 3.8) is 0 Å². The van der Waals surface area contributed by atoms with E-state index in [1.165, 1.54) is 23.6 Å². The van der Waals surface area contributed by atoms with Crippen LogP contribution < -0.4 is 0 Å². The van der Waals surface area contributed by atoms with Crippen LogP contribution >= 0.6 is 54.5 Å². The largest absolute Gasteiger partial charge is 0.376 e. The van der Waals surface area contributed by atoms with Gasteiger partial charge in [-0.15, -0.1) is 0 Å². The van der Waals surface area contributed by atoms with Crippen molar-refractivity contribution in [2.75, 3.05) is 6.61 Å². The van der Waals surface area contributed by atoms with Gasteiger partial charge in [0, 0.05) is 12.5 Å². The van der Waals surface area contributed by atoms with Crippen LogP contribution in [0.5, 0.6) is 0 Å². The summed E-state index contributed by atoms with van der Waals surface area (Å²) in [7, 11) is 0. The van der Waals surface area contributed by atoms with Gasteiger partial charge >= 0.3 is 0 Å². The molecule has 0 aromatic heterocycles. The van der Waals surface area contributed by atoms with Crippen LogP contribution in [0.4, 0.5) is 0 Å². The molecule has 4 heteroatoms. The summed E-state index contributed by atoms with van der Waals surface area (Å²) >= 11 is 9.47. The molecule has 2 rings (SSSR count). The van der Waals surface area contributed by atoms with E-state index in [2.05, 4.69) is 60.5 Å². The molecule has 70 valence electrons. The van der Waals surface area contributed by atoms with E-state index in [1.54, 1.807) is 0 Å². The zero-order chi connectivity index (χ0) is 9.42. The second-order valence-corrected chi connectivity index (χ2v) is 5.65. The molecule has 0 atom stereocenters. The SMILES string of the molecule is Brc1cc2c(c(Br)c1I)COCC2. The van der Waals surface area contributed by atoms with E-state index in [0.717, 1.165) is 19.6 Å². The van der Waals surface area contributed by atoms with Crippen molar-refractivity contribution in [2.24, 2.45) is 0 Å². The average Bonchev–Trinajstić information content (AvgIpc) is 2.15. The Balaban J connectivity index is 2.60. The topological polar surface area (TPSA) is 9.23 Å². The Labute approximate surface area is 108 Å². The van der Waals surface area contributed by atoms with Crippen molar-refractivity contribution in [3.8, 4) is 0 Å². The van der Waals surface area contributed by atoms with Gasteiger partial charge in [0.05, 0.1) is 13.2 Å². The maximum absolute atomic E-state index is 5.42. The molecule has 0 unspecified atom stereocenters. The fourth-order valence-corrected chi connectivity index (χ4v) is 3.22. The number of rotatable bonds is 0. The number of hydrogen-bond acceptors (Lipinski definition) is 1. The third-order valence-electron chi connectivity index (χ3n) is 2.12. The molecule has 1 aliphatic rings. The van der Waals surface area contributed by atoms with Gasteiger partial charge in [-0.2, -0.15) is 0 Å². The van der Waals surface area contributed by atoms with Gasteiger partial charge < -0.3 is 4.74 Å². The molecule has 13 heavy (non-hydrogen) atoms. The first kappa shape index (κ1) is 10.4. The fourth-order valence-electron chi connectivity index (χ4n) is 1.42. The van der Waals surface area contributed by atoms with Crippen LogP contribution in [0.25, 0.3) is 0 Å². The summed E-state index contributed by atoms with van der Waals surface area (Å²) < 4.78 is 8.99.